The van der Waals surface area contributed by atoms with E-state index in [2.05, 4.69) is 23.8 Å². The Hall–Kier alpha value is -1.48. The number of ether oxygens (including phenoxy) is 1. The molecule has 0 radical (unpaired) electrons. The lowest BCUT2D eigenvalue weighted by Gasteiger charge is -2.30. The van der Waals surface area contributed by atoms with Crippen molar-refractivity contribution in [2.24, 2.45) is 0 Å². The molecule has 0 spiro atoms. The summed E-state index contributed by atoms with van der Waals surface area (Å²) in [5.74, 6) is 0.951. The number of para-hydroxylation sites is 2. The van der Waals surface area contributed by atoms with Gasteiger partial charge in [0.2, 0.25) is 0 Å². The number of fused-ring (bicyclic) bond motifs is 1. The number of hydrogen-bond acceptors (Lipinski definition) is 3. The molecule has 0 saturated heterocycles. The first-order valence-electron chi connectivity index (χ1n) is 5.97. The molecular weight excluding hydrogens is 212 g/mol. The average Bonchev–Trinajstić information content (AvgIpc) is 2.27. The molecule has 1 heterocycles. The molecule has 0 saturated carbocycles. The van der Waals surface area contributed by atoms with Crippen LogP contribution >= 0.6 is 0 Å². The van der Waals surface area contributed by atoms with Crippen molar-refractivity contribution < 1.29 is 4.74 Å². The second-order valence-electron chi connectivity index (χ2n) is 4.77. The van der Waals surface area contributed by atoms with Gasteiger partial charge in [-0.1, -0.05) is 24.3 Å². The summed E-state index contributed by atoms with van der Waals surface area (Å²) < 4.78 is 5.95. The third-order valence-electron chi connectivity index (χ3n) is 2.76. The van der Waals surface area contributed by atoms with Crippen LogP contribution in [-0.2, 0) is 0 Å². The van der Waals surface area contributed by atoms with Crippen LogP contribution in [0.4, 0.5) is 5.69 Å². The van der Waals surface area contributed by atoms with E-state index in [4.69, 9.17) is 4.74 Å². The fourth-order valence-electron chi connectivity index (χ4n) is 2.14. The van der Waals surface area contributed by atoms with Crippen molar-refractivity contribution in [1.29, 1.82) is 0 Å². The van der Waals surface area contributed by atoms with Crippen molar-refractivity contribution >= 4 is 5.69 Å². The first kappa shape index (κ1) is 12.0. The molecule has 0 amide bonds. The highest BCUT2D eigenvalue weighted by atomic mass is 16.5. The molecule has 3 heteroatoms. The number of nitrogens with zero attached hydrogens (tertiary/aromatic N) is 1. The van der Waals surface area contributed by atoms with Gasteiger partial charge in [-0.05, 0) is 26.1 Å². The Morgan fingerprint density at radius 2 is 2.29 bits per heavy atom. The maximum Gasteiger partial charge on any atom is 0.142 e. The van der Waals surface area contributed by atoms with Gasteiger partial charge in [0, 0.05) is 13.1 Å². The lowest BCUT2D eigenvalue weighted by atomic mass is 10.2. The van der Waals surface area contributed by atoms with Crippen molar-refractivity contribution in [2.45, 2.75) is 13.0 Å². The largest absolute Gasteiger partial charge is 0.485 e. The number of likely N-dealkylation sites (N-methyl/N-ethyl adjacent to an activating group) is 1. The summed E-state index contributed by atoms with van der Waals surface area (Å²) in [5.41, 5.74) is 2.27. The lowest BCUT2D eigenvalue weighted by molar-refractivity contribution is 0.156. The topological polar surface area (TPSA) is 24.5 Å². The molecule has 1 aliphatic heterocycles. The summed E-state index contributed by atoms with van der Waals surface area (Å²) in [7, 11) is 2.10. The van der Waals surface area contributed by atoms with Crippen LogP contribution in [0.25, 0.3) is 0 Å². The van der Waals surface area contributed by atoms with Gasteiger partial charge < -0.3 is 10.1 Å². The van der Waals surface area contributed by atoms with E-state index in [9.17, 15) is 0 Å². The van der Waals surface area contributed by atoms with E-state index in [0.29, 0.717) is 0 Å². The lowest BCUT2D eigenvalue weighted by Crippen LogP contribution is -2.40. The molecule has 17 heavy (non-hydrogen) atoms. The summed E-state index contributed by atoms with van der Waals surface area (Å²) in [6.07, 6.45) is 0.203. The highest BCUT2D eigenvalue weighted by molar-refractivity contribution is 5.57. The van der Waals surface area contributed by atoms with Gasteiger partial charge in [-0.15, -0.1) is 0 Å². The summed E-state index contributed by atoms with van der Waals surface area (Å²) in [5, 5.41) is 3.40. The Labute approximate surface area is 103 Å². The minimum atomic E-state index is 0.203. The Morgan fingerprint density at radius 1 is 1.53 bits per heavy atom. The molecule has 0 aromatic heterocycles. The smallest absolute Gasteiger partial charge is 0.142 e. The van der Waals surface area contributed by atoms with E-state index in [1.165, 1.54) is 5.57 Å². The first-order chi connectivity index (χ1) is 8.15. The van der Waals surface area contributed by atoms with Crippen LogP contribution < -0.4 is 10.1 Å². The van der Waals surface area contributed by atoms with Crippen LogP contribution in [0.15, 0.2) is 36.4 Å². The van der Waals surface area contributed by atoms with Crippen molar-refractivity contribution in [2.75, 3.05) is 32.0 Å². The summed E-state index contributed by atoms with van der Waals surface area (Å²) >= 11 is 0. The summed E-state index contributed by atoms with van der Waals surface area (Å²) in [4.78, 5) is 2.24. The first-order valence-corrected chi connectivity index (χ1v) is 5.97. The maximum atomic E-state index is 5.95. The zero-order valence-electron chi connectivity index (χ0n) is 10.6. The monoisotopic (exact) mass is 232 g/mol. The quantitative estimate of drug-likeness (QED) is 0.807. The van der Waals surface area contributed by atoms with E-state index in [0.717, 1.165) is 31.1 Å². The number of benzene rings is 1. The van der Waals surface area contributed by atoms with Crippen LogP contribution in [0.3, 0.4) is 0 Å². The van der Waals surface area contributed by atoms with E-state index in [1.807, 2.05) is 31.2 Å². The van der Waals surface area contributed by atoms with Crippen LogP contribution in [0.1, 0.15) is 6.92 Å². The van der Waals surface area contributed by atoms with Gasteiger partial charge in [0.15, 0.2) is 0 Å². The molecule has 1 atom stereocenters. The Morgan fingerprint density at radius 3 is 3.06 bits per heavy atom. The molecule has 1 N–H and O–H groups in total. The predicted molar refractivity (Wildman–Crippen MR) is 71.7 cm³/mol. The van der Waals surface area contributed by atoms with E-state index < -0.39 is 0 Å². The van der Waals surface area contributed by atoms with Gasteiger partial charge in [0.05, 0.1) is 12.2 Å². The van der Waals surface area contributed by atoms with Crippen LogP contribution in [0, 0.1) is 0 Å². The zero-order valence-corrected chi connectivity index (χ0v) is 10.6. The van der Waals surface area contributed by atoms with Crippen LogP contribution in [0.2, 0.25) is 0 Å². The average molecular weight is 232 g/mol. The molecule has 2 rings (SSSR count). The zero-order chi connectivity index (χ0) is 12.3. The molecular formula is C14H20N2O. The van der Waals surface area contributed by atoms with Gasteiger partial charge in [0.25, 0.3) is 0 Å². The van der Waals surface area contributed by atoms with Gasteiger partial charge in [-0.2, -0.15) is 0 Å². The fourth-order valence-corrected chi connectivity index (χ4v) is 2.14. The van der Waals surface area contributed by atoms with Gasteiger partial charge in [0.1, 0.15) is 11.9 Å². The number of hydrogen-bond donors (Lipinski definition) is 1. The maximum absolute atomic E-state index is 5.95. The molecule has 0 bridgehead atoms. The molecule has 0 aliphatic carbocycles. The highest BCUT2D eigenvalue weighted by Crippen LogP contribution is 2.28. The molecule has 92 valence electrons. The Bertz CT molecular complexity index is 403. The van der Waals surface area contributed by atoms with Gasteiger partial charge in [-0.25, -0.2) is 0 Å². The standard InChI is InChI=1S/C14H20N2O/c1-11(2)9-16(3)10-12-8-15-13-6-4-5-7-14(13)17-12/h4-7,12,15H,1,8-10H2,2-3H3. The minimum absolute atomic E-state index is 0.203. The second-order valence-corrected chi connectivity index (χ2v) is 4.77. The third kappa shape index (κ3) is 3.24. The molecule has 3 nitrogen and oxygen atoms in total. The fraction of sp³-hybridized carbons (Fsp3) is 0.429. The SMILES string of the molecule is C=C(C)CN(C)CC1CNc2ccccc2O1. The van der Waals surface area contributed by atoms with Gasteiger partial charge in [-0.3, -0.25) is 4.90 Å². The second kappa shape index (κ2) is 5.23. The summed E-state index contributed by atoms with van der Waals surface area (Å²) in [6.45, 7) is 8.66. The molecule has 1 unspecified atom stereocenters. The van der Waals surface area contributed by atoms with Crippen molar-refractivity contribution in [3.05, 3.63) is 36.4 Å². The molecule has 1 aromatic rings. The number of anilines is 1. The highest BCUT2D eigenvalue weighted by Gasteiger charge is 2.19. The minimum Gasteiger partial charge on any atom is -0.485 e. The van der Waals surface area contributed by atoms with E-state index in [1.54, 1.807) is 0 Å². The molecule has 0 fully saturated rings. The summed E-state index contributed by atoms with van der Waals surface area (Å²) in [6, 6.07) is 8.07. The number of nitrogens with one attached hydrogen (secondary N) is 1. The molecule has 1 aromatic carbocycles. The van der Waals surface area contributed by atoms with Crippen molar-refractivity contribution in [1.82, 2.24) is 4.90 Å². The van der Waals surface area contributed by atoms with E-state index in [-0.39, 0.29) is 6.10 Å². The van der Waals surface area contributed by atoms with Crippen molar-refractivity contribution in [3.63, 3.8) is 0 Å². The third-order valence-corrected chi connectivity index (χ3v) is 2.76. The molecule has 1 aliphatic rings. The van der Waals surface area contributed by atoms with Crippen LogP contribution in [-0.4, -0.2) is 37.7 Å². The van der Waals surface area contributed by atoms with Gasteiger partial charge >= 0.3 is 0 Å². The van der Waals surface area contributed by atoms with Crippen molar-refractivity contribution in [3.8, 4) is 5.75 Å². The Balaban J connectivity index is 1.92. The number of rotatable bonds is 4. The van der Waals surface area contributed by atoms with Crippen LogP contribution in [0.5, 0.6) is 5.75 Å². The Kier molecular flexibility index (Phi) is 3.69. The normalized spacial score (nSPS) is 18.2. The van der Waals surface area contributed by atoms with E-state index >= 15 is 0 Å². The predicted octanol–water partition coefficient (Wildman–Crippen LogP) is 2.37.